The molecule has 0 aliphatic heterocycles. The lowest BCUT2D eigenvalue weighted by atomic mass is 10.1. The zero-order valence-corrected chi connectivity index (χ0v) is 16.2. The number of methoxy groups -OCH3 is 4. The Hall–Kier alpha value is -2.67. The summed E-state index contributed by atoms with van der Waals surface area (Å²) in [5.74, 6) is 1.66. The van der Waals surface area contributed by atoms with Crippen molar-refractivity contribution in [3.63, 3.8) is 0 Å². The Balaban J connectivity index is 0.00000392. The van der Waals surface area contributed by atoms with Crippen molar-refractivity contribution in [3.8, 4) is 28.7 Å². The van der Waals surface area contributed by atoms with Crippen LogP contribution < -0.4 is 23.5 Å². The second kappa shape index (κ2) is 10.0. The van der Waals surface area contributed by atoms with Crippen molar-refractivity contribution in [2.75, 3.05) is 28.4 Å². The second-order valence-corrected chi connectivity index (χ2v) is 6.45. The van der Waals surface area contributed by atoms with Crippen LogP contribution in [0.5, 0.6) is 28.7 Å². The molecule has 0 fully saturated rings. The summed E-state index contributed by atoms with van der Waals surface area (Å²) < 4.78 is 36.8. The minimum absolute atomic E-state index is 0. The zero-order valence-electron chi connectivity index (χ0n) is 15.3. The second-order valence-electron chi connectivity index (χ2n) is 5.28. The quantitative estimate of drug-likeness (QED) is 0.495. The minimum atomic E-state index is -4.71. The number of benzene rings is 2. The van der Waals surface area contributed by atoms with E-state index in [9.17, 15) is 4.57 Å². The summed E-state index contributed by atoms with van der Waals surface area (Å²) in [6, 6.07) is 8.29. The van der Waals surface area contributed by atoms with Gasteiger partial charge in [0.25, 0.3) is 0 Å². The van der Waals surface area contributed by atoms with Crippen molar-refractivity contribution < 1.29 is 37.8 Å². The molecule has 0 radical (unpaired) electrons. The molecule has 0 aliphatic carbocycles. The molecule has 0 bridgehead atoms. The molecule has 28 heavy (non-hydrogen) atoms. The van der Waals surface area contributed by atoms with Crippen LogP contribution in [0.2, 0.25) is 0 Å². The van der Waals surface area contributed by atoms with Gasteiger partial charge in [-0.15, -0.1) is 0 Å². The van der Waals surface area contributed by atoms with Gasteiger partial charge < -0.3 is 23.5 Å². The first kappa shape index (κ1) is 23.4. The predicted molar refractivity (Wildman–Crippen MR) is 107 cm³/mol. The summed E-state index contributed by atoms with van der Waals surface area (Å²) in [5, 5.41) is 0. The molecule has 8 nitrogen and oxygen atoms in total. The fourth-order valence-corrected chi connectivity index (χ4v) is 2.79. The van der Waals surface area contributed by atoms with Gasteiger partial charge in [-0.2, -0.15) is 0 Å². The summed E-state index contributed by atoms with van der Waals surface area (Å²) >= 11 is 0. The molecule has 0 saturated carbocycles. The third-order valence-corrected chi connectivity index (χ3v) is 3.99. The average molecular weight is 412 g/mol. The summed E-state index contributed by atoms with van der Waals surface area (Å²) in [6.07, 6.45) is 3.53. The van der Waals surface area contributed by atoms with E-state index in [1.165, 1.54) is 34.5 Å². The molecule has 2 N–H and O–H groups in total. The highest BCUT2D eigenvalue weighted by atomic mass is 31.2. The van der Waals surface area contributed by atoms with Gasteiger partial charge in [0.2, 0.25) is 5.75 Å². The lowest BCUT2D eigenvalue weighted by Crippen LogP contribution is -1.95. The normalized spacial score (nSPS) is 10.9. The molecule has 2 aromatic carbocycles. The van der Waals surface area contributed by atoms with Crippen LogP contribution >= 0.6 is 7.82 Å². The molecule has 0 aliphatic rings. The van der Waals surface area contributed by atoms with E-state index in [4.69, 9.17) is 28.7 Å². The van der Waals surface area contributed by atoms with E-state index in [-0.39, 0.29) is 18.9 Å². The van der Waals surface area contributed by atoms with E-state index in [2.05, 4.69) is 4.52 Å². The van der Waals surface area contributed by atoms with Gasteiger partial charge in [0.15, 0.2) is 23.0 Å². The van der Waals surface area contributed by atoms with Crippen LogP contribution in [-0.2, 0) is 4.57 Å². The number of hydrogen-bond donors (Lipinski definition) is 2. The Labute approximate surface area is 164 Å². The number of ether oxygens (including phenoxy) is 4. The van der Waals surface area contributed by atoms with Gasteiger partial charge in [-0.1, -0.05) is 25.6 Å². The van der Waals surface area contributed by atoms with Crippen LogP contribution in [-0.4, -0.2) is 38.2 Å². The van der Waals surface area contributed by atoms with Crippen molar-refractivity contribution in [2.24, 2.45) is 0 Å². The fourth-order valence-electron chi connectivity index (χ4n) is 2.39. The van der Waals surface area contributed by atoms with Gasteiger partial charge in [0.1, 0.15) is 0 Å². The van der Waals surface area contributed by atoms with Crippen molar-refractivity contribution in [3.05, 3.63) is 41.5 Å². The van der Waals surface area contributed by atoms with Gasteiger partial charge in [-0.25, -0.2) is 4.57 Å². The third-order valence-electron chi connectivity index (χ3n) is 3.56. The Bertz CT molecular complexity index is 847. The van der Waals surface area contributed by atoms with Gasteiger partial charge in [-0.05, 0) is 35.4 Å². The van der Waals surface area contributed by atoms with Gasteiger partial charge in [0.05, 0.1) is 28.4 Å². The van der Waals surface area contributed by atoms with Crippen LogP contribution in [0.25, 0.3) is 12.2 Å². The van der Waals surface area contributed by atoms with E-state index in [1.54, 1.807) is 36.4 Å². The smallest absolute Gasteiger partial charge is 0.493 e. The Morgan fingerprint density at radius 1 is 0.750 bits per heavy atom. The monoisotopic (exact) mass is 412 g/mol. The van der Waals surface area contributed by atoms with E-state index in [1.807, 2.05) is 0 Å². The van der Waals surface area contributed by atoms with Crippen molar-refractivity contribution in [1.82, 2.24) is 0 Å². The summed E-state index contributed by atoms with van der Waals surface area (Å²) in [4.78, 5) is 18.1. The topological polar surface area (TPSA) is 104 Å². The van der Waals surface area contributed by atoms with Crippen LogP contribution in [0, 0.1) is 0 Å². The van der Waals surface area contributed by atoms with Crippen LogP contribution in [0.3, 0.4) is 0 Å². The zero-order chi connectivity index (χ0) is 20.0. The largest absolute Gasteiger partial charge is 0.524 e. The fraction of sp³-hybridized carbons (Fsp3) is 0.263. The first-order valence-corrected chi connectivity index (χ1v) is 9.25. The van der Waals surface area contributed by atoms with Gasteiger partial charge in [0, 0.05) is 0 Å². The number of phosphoric acid groups is 1. The lowest BCUT2D eigenvalue weighted by Gasteiger charge is -2.13. The first-order chi connectivity index (χ1) is 12.8. The molecule has 2 aromatic rings. The van der Waals surface area contributed by atoms with E-state index in [0.717, 1.165) is 5.56 Å². The van der Waals surface area contributed by atoms with Gasteiger partial charge in [-0.3, -0.25) is 9.79 Å². The lowest BCUT2D eigenvalue weighted by molar-refractivity contribution is 0.276. The Kier molecular flexibility index (Phi) is 8.37. The van der Waals surface area contributed by atoms with Crippen molar-refractivity contribution >= 4 is 20.0 Å². The molecule has 0 spiro atoms. The van der Waals surface area contributed by atoms with E-state index >= 15 is 0 Å². The summed E-state index contributed by atoms with van der Waals surface area (Å²) in [7, 11) is 1.26. The third kappa shape index (κ3) is 5.92. The molecule has 154 valence electrons. The highest BCUT2D eigenvalue weighted by molar-refractivity contribution is 7.46. The highest BCUT2D eigenvalue weighted by Crippen LogP contribution is 2.42. The molecule has 0 unspecified atom stereocenters. The summed E-state index contributed by atoms with van der Waals surface area (Å²) in [5.41, 5.74) is 1.42. The maximum Gasteiger partial charge on any atom is 0.524 e. The van der Waals surface area contributed by atoms with Crippen molar-refractivity contribution in [2.45, 2.75) is 7.43 Å². The molecule has 0 aromatic heterocycles. The highest BCUT2D eigenvalue weighted by Gasteiger charge is 2.19. The average Bonchev–Trinajstić information content (AvgIpc) is 2.64. The van der Waals surface area contributed by atoms with E-state index < -0.39 is 7.82 Å². The van der Waals surface area contributed by atoms with Crippen LogP contribution in [0.15, 0.2) is 30.3 Å². The maximum absolute atomic E-state index is 11.1. The van der Waals surface area contributed by atoms with Crippen LogP contribution in [0.1, 0.15) is 18.6 Å². The molecular weight excluding hydrogens is 387 g/mol. The molecule has 0 amide bonds. The SMILES string of the molecule is C.COc1ccc(/C=C\c2cc(OC)c(OC)c(OC)c2)cc1OP(=O)(O)O. The molecule has 0 saturated heterocycles. The molecular formula is C19H25O8P. The number of rotatable bonds is 8. The number of hydrogen-bond acceptors (Lipinski definition) is 6. The predicted octanol–water partition coefficient (Wildman–Crippen LogP) is 4.00. The van der Waals surface area contributed by atoms with Crippen molar-refractivity contribution in [1.29, 1.82) is 0 Å². The first-order valence-electron chi connectivity index (χ1n) is 7.72. The van der Waals surface area contributed by atoms with E-state index in [0.29, 0.717) is 22.8 Å². The van der Waals surface area contributed by atoms with Gasteiger partial charge >= 0.3 is 7.82 Å². The van der Waals surface area contributed by atoms with Crippen LogP contribution in [0.4, 0.5) is 0 Å². The Morgan fingerprint density at radius 3 is 1.71 bits per heavy atom. The molecule has 9 heteroatoms. The Morgan fingerprint density at radius 2 is 1.25 bits per heavy atom. The standard InChI is InChI=1S/C18H21O8P.CH4/c1-22-14-8-7-12(9-15(14)26-27(19,20)21)5-6-13-10-16(23-2)18(25-4)17(11-13)24-3;/h5-11H,1-4H3,(H2,19,20,21);1H4/b6-5-;. The molecule has 2 rings (SSSR count). The maximum atomic E-state index is 11.1. The molecule has 0 heterocycles. The molecule has 0 atom stereocenters. The summed E-state index contributed by atoms with van der Waals surface area (Å²) in [6.45, 7) is 0. The minimum Gasteiger partial charge on any atom is -0.493 e. The number of phosphoric ester groups is 1.